The Hall–Kier alpha value is -1.69. The Bertz CT molecular complexity index is 665. The van der Waals surface area contributed by atoms with E-state index in [9.17, 15) is 0 Å². The van der Waals surface area contributed by atoms with Crippen molar-refractivity contribution in [3.05, 3.63) is 12.5 Å². The molecule has 2 aromatic rings. The highest BCUT2D eigenvalue weighted by atomic mass is 15.3. The fourth-order valence-corrected chi connectivity index (χ4v) is 4.26. The van der Waals surface area contributed by atoms with Gasteiger partial charge in [-0.1, -0.05) is 13.8 Å². The van der Waals surface area contributed by atoms with Crippen molar-refractivity contribution in [2.45, 2.75) is 39.2 Å². The van der Waals surface area contributed by atoms with Crippen LogP contribution < -0.4 is 10.2 Å². The minimum Gasteiger partial charge on any atom is -0.355 e. The molecule has 2 atom stereocenters. The van der Waals surface area contributed by atoms with Crippen LogP contribution in [-0.2, 0) is 0 Å². The maximum Gasteiger partial charge on any atom is 0.163 e. The number of hydrogen-bond acceptors (Lipinski definition) is 5. The first-order chi connectivity index (χ1) is 11.2. The molecule has 2 fully saturated rings. The number of piperidine rings is 2. The average Bonchev–Trinajstić information content (AvgIpc) is 2.98. The number of rotatable bonds is 2. The van der Waals surface area contributed by atoms with Crippen LogP contribution in [0.1, 0.15) is 39.2 Å². The Morgan fingerprint density at radius 3 is 2.57 bits per heavy atom. The van der Waals surface area contributed by atoms with Crippen LogP contribution >= 0.6 is 0 Å². The summed E-state index contributed by atoms with van der Waals surface area (Å²) < 4.78 is 2.12. The summed E-state index contributed by atoms with van der Waals surface area (Å²) >= 11 is 0. The summed E-state index contributed by atoms with van der Waals surface area (Å²) in [6.45, 7) is 8.94. The van der Waals surface area contributed by atoms with Crippen LogP contribution in [0.5, 0.6) is 0 Å². The Morgan fingerprint density at radius 2 is 1.83 bits per heavy atom. The number of fused-ring (bicyclic) bond motifs is 1. The molecule has 0 aromatic carbocycles. The summed E-state index contributed by atoms with van der Waals surface area (Å²) in [6.07, 6.45) is 7.22. The van der Waals surface area contributed by atoms with Gasteiger partial charge in [0.25, 0.3) is 0 Å². The predicted molar refractivity (Wildman–Crippen MR) is 91.6 cm³/mol. The lowest BCUT2D eigenvalue weighted by molar-refractivity contribution is 0.349. The molecule has 2 unspecified atom stereocenters. The second-order valence-electron chi connectivity index (χ2n) is 7.36. The Kier molecular flexibility index (Phi) is 3.93. The van der Waals surface area contributed by atoms with E-state index in [-0.39, 0.29) is 0 Å². The van der Waals surface area contributed by atoms with Gasteiger partial charge in [-0.2, -0.15) is 5.10 Å². The van der Waals surface area contributed by atoms with Gasteiger partial charge < -0.3 is 10.2 Å². The zero-order chi connectivity index (χ0) is 15.8. The molecule has 2 aliphatic rings. The molecule has 0 amide bonds. The maximum absolute atomic E-state index is 4.67. The summed E-state index contributed by atoms with van der Waals surface area (Å²) in [5, 5.41) is 9.19. The monoisotopic (exact) mass is 314 g/mol. The molecule has 1 N–H and O–H groups in total. The number of nitrogens with zero attached hydrogens (tertiary/aromatic N) is 5. The predicted octanol–water partition coefficient (Wildman–Crippen LogP) is 2.23. The van der Waals surface area contributed by atoms with Crippen LogP contribution in [0.2, 0.25) is 0 Å². The first-order valence-electron chi connectivity index (χ1n) is 8.86. The third-order valence-corrected chi connectivity index (χ3v) is 5.19. The van der Waals surface area contributed by atoms with E-state index in [2.05, 4.69) is 43.8 Å². The minimum absolute atomic E-state index is 0.454. The second-order valence-corrected chi connectivity index (χ2v) is 7.36. The number of nitrogens with one attached hydrogen (secondary N) is 1. The quantitative estimate of drug-likeness (QED) is 0.921. The molecule has 6 heteroatoms. The molecular formula is C17H26N6. The van der Waals surface area contributed by atoms with E-state index < -0.39 is 0 Å². The third-order valence-electron chi connectivity index (χ3n) is 5.19. The van der Waals surface area contributed by atoms with Crippen molar-refractivity contribution < 1.29 is 0 Å². The third kappa shape index (κ3) is 2.80. The number of aromatic nitrogens is 4. The first-order valence-corrected chi connectivity index (χ1v) is 8.86. The molecule has 2 saturated heterocycles. The molecule has 4 heterocycles. The van der Waals surface area contributed by atoms with E-state index in [1.165, 1.54) is 6.42 Å². The van der Waals surface area contributed by atoms with Crippen molar-refractivity contribution in [1.82, 2.24) is 25.1 Å². The molecule has 4 rings (SSSR count). The van der Waals surface area contributed by atoms with E-state index in [4.69, 9.17) is 0 Å². The summed E-state index contributed by atoms with van der Waals surface area (Å²) in [6, 6.07) is 0.454. The molecular weight excluding hydrogens is 288 g/mol. The lowest BCUT2D eigenvalue weighted by Gasteiger charge is -2.35. The van der Waals surface area contributed by atoms with Crippen LogP contribution in [0.15, 0.2) is 12.5 Å². The van der Waals surface area contributed by atoms with Gasteiger partial charge >= 0.3 is 0 Å². The molecule has 0 radical (unpaired) electrons. The summed E-state index contributed by atoms with van der Waals surface area (Å²) in [4.78, 5) is 11.6. The van der Waals surface area contributed by atoms with E-state index in [0.29, 0.717) is 17.9 Å². The fraction of sp³-hybridized carbons (Fsp3) is 0.706. The van der Waals surface area contributed by atoms with Crippen molar-refractivity contribution in [1.29, 1.82) is 0 Å². The van der Waals surface area contributed by atoms with E-state index in [0.717, 1.165) is 55.9 Å². The van der Waals surface area contributed by atoms with Gasteiger partial charge in [-0.05, 0) is 44.2 Å². The standard InChI is InChI=1S/C17H26N6/c1-12-7-13(2)10-22(9-12)16-15-8-21-23(17(15)20-11-19-16)14-3-5-18-6-4-14/h8,11-14,18H,3-7,9-10H2,1-2H3. The Balaban J connectivity index is 1.70. The van der Waals surface area contributed by atoms with Crippen molar-refractivity contribution in [2.24, 2.45) is 11.8 Å². The lowest BCUT2D eigenvalue weighted by atomic mass is 9.92. The van der Waals surface area contributed by atoms with E-state index in [1.54, 1.807) is 6.33 Å². The summed E-state index contributed by atoms with van der Waals surface area (Å²) in [7, 11) is 0. The van der Waals surface area contributed by atoms with Gasteiger partial charge in [0.05, 0.1) is 17.6 Å². The van der Waals surface area contributed by atoms with Crippen LogP contribution in [-0.4, -0.2) is 45.9 Å². The van der Waals surface area contributed by atoms with Crippen LogP contribution in [0.3, 0.4) is 0 Å². The second kappa shape index (κ2) is 6.07. The Labute approximate surface area is 137 Å². The summed E-state index contributed by atoms with van der Waals surface area (Å²) in [5.74, 6) is 2.49. The molecule has 6 nitrogen and oxygen atoms in total. The zero-order valence-corrected chi connectivity index (χ0v) is 14.1. The highest BCUT2D eigenvalue weighted by Gasteiger charge is 2.26. The number of hydrogen-bond donors (Lipinski definition) is 1. The van der Waals surface area contributed by atoms with Gasteiger partial charge in [0.15, 0.2) is 5.65 Å². The van der Waals surface area contributed by atoms with Crippen LogP contribution in [0.25, 0.3) is 11.0 Å². The maximum atomic E-state index is 4.67. The minimum atomic E-state index is 0.454. The molecule has 0 saturated carbocycles. The van der Waals surface area contributed by atoms with Crippen molar-refractivity contribution in [2.75, 3.05) is 31.1 Å². The topological polar surface area (TPSA) is 58.9 Å². The lowest BCUT2D eigenvalue weighted by Crippen LogP contribution is -2.39. The van der Waals surface area contributed by atoms with Gasteiger partial charge in [-0.15, -0.1) is 0 Å². The van der Waals surface area contributed by atoms with Crippen molar-refractivity contribution in [3.63, 3.8) is 0 Å². The molecule has 0 aliphatic carbocycles. The van der Waals surface area contributed by atoms with Crippen LogP contribution in [0, 0.1) is 11.8 Å². The Morgan fingerprint density at radius 1 is 1.09 bits per heavy atom. The van der Waals surface area contributed by atoms with Gasteiger partial charge in [-0.25, -0.2) is 14.6 Å². The average molecular weight is 314 g/mol. The summed E-state index contributed by atoms with van der Waals surface area (Å²) in [5.41, 5.74) is 0.993. The SMILES string of the molecule is CC1CC(C)CN(c2ncnc3c2cnn3C2CCNCC2)C1. The van der Waals surface area contributed by atoms with Gasteiger partial charge in [-0.3, -0.25) is 0 Å². The normalized spacial score (nSPS) is 26.8. The van der Waals surface area contributed by atoms with Gasteiger partial charge in [0.1, 0.15) is 12.1 Å². The van der Waals surface area contributed by atoms with Crippen molar-refractivity contribution >= 4 is 16.9 Å². The van der Waals surface area contributed by atoms with Gasteiger partial charge in [0, 0.05) is 13.1 Å². The molecule has 2 aliphatic heterocycles. The largest absolute Gasteiger partial charge is 0.355 e. The molecule has 2 aromatic heterocycles. The molecule has 124 valence electrons. The van der Waals surface area contributed by atoms with Crippen molar-refractivity contribution in [3.8, 4) is 0 Å². The fourth-order valence-electron chi connectivity index (χ4n) is 4.26. The van der Waals surface area contributed by atoms with E-state index >= 15 is 0 Å². The van der Waals surface area contributed by atoms with Crippen LogP contribution in [0.4, 0.5) is 5.82 Å². The molecule has 0 bridgehead atoms. The van der Waals surface area contributed by atoms with Gasteiger partial charge in [0.2, 0.25) is 0 Å². The molecule has 23 heavy (non-hydrogen) atoms. The molecule has 0 spiro atoms. The van der Waals surface area contributed by atoms with E-state index in [1.807, 2.05) is 6.20 Å². The zero-order valence-electron chi connectivity index (χ0n) is 14.1. The highest BCUT2D eigenvalue weighted by Crippen LogP contribution is 2.31. The smallest absolute Gasteiger partial charge is 0.163 e. The first kappa shape index (κ1) is 14.9. The highest BCUT2D eigenvalue weighted by molar-refractivity contribution is 5.86. The number of anilines is 1.